The van der Waals surface area contributed by atoms with Gasteiger partial charge < -0.3 is 4.74 Å². The van der Waals surface area contributed by atoms with Crippen LogP contribution in [0.4, 0.5) is 17.6 Å². The summed E-state index contributed by atoms with van der Waals surface area (Å²) in [5, 5.41) is 0. The van der Waals surface area contributed by atoms with Crippen molar-refractivity contribution in [3.8, 4) is 28.0 Å². The van der Waals surface area contributed by atoms with Crippen molar-refractivity contribution in [2.75, 3.05) is 6.61 Å². The van der Waals surface area contributed by atoms with Crippen LogP contribution in [0.25, 0.3) is 27.8 Å². The van der Waals surface area contributed by atoms with Crippen LogP contribution in [0, 0.1) is 41.0 Å². The zero-order chi connectivity index (χ0) is 27.5. The normalized spacial score (nSPS) is 21.4. The van der Waals surface area contributed by atoms with Crippen molar-refractivity contribution < 1.29 is 22.3 Å². The van der Waals surface area contributed by atoms with E-state index in [4.69, 9.17) is 4.74 Å². The predicted molar refractivity (Wildman–Crippen MR) is 149 cm³/mol. The number of hydrogen-bond donors (Lipinski definition) is 0. The van der Waals surface area contributed by atoms with Crippen LogP contribution in [0.1, 0.15) is 57.4 Å². The lowest BCUT2D eigenvalue weighted by molar-refractivity contribution is 0.212. The maximum absolute atomic E-state index is 15.3. The second-order valence-electron chi connectivity index (χ2n) is 10.7. The monoisotopic (exact) mass is 534 g/mol. The van der Waals surface area contributed by atoms with E-state index in [-0.39, 0.29) is 23.5 Å². The number of rotatable bonds is 7. The summed E-state index contributed by atoms with van der Waals surface area (Å²) in [6.07, 6.45) is 11.7. The highest BCUT2D eigenvalue weighted by Crippen LogP contribution is 2.42. The molecule has 3 aromatic carbocycles. The summed E-state index contributed by atoms with van der Waals surface area (Å²) < 4.78 is 64.6. The van der Waals surface area contributed by atoms with E-state index in [1.165, 1.54) is 37.8 Å². The molecule has 204 valence electrons. The van der Waals surface area contributed by atoms with Gasteiger partial charge in [-0.2, -0.15) is 4.39 Å². The van der Waals surface area contributed by atoms with Gasteiger partial charge in [-0.15, -0.1) is 6.58 Å². The third-order valence-corrected chi connectivity index (χ3v) is 8.55. The number of benzene rings is 3. The van der Waals surface area contributed by atoms with Gasteiger partial charge in [0.25, 0.3) is 0 Å². The fraction of sp³-hybridized carbons (Fsp3) is 0.353. The highest BCUT2D eigenvalue weighted by atomic mass is 19.2. The largest absolute Gasteiger partial charge is 0.491 e. The Bertz CT molecular complexity index is 1370. The lowest BCUT2D eigenvalue weighted by Gasteiger charge is -2.34. The molecular formula is C34H34F4O. The van der Waals surface area contributed by atoms with Gasteiger partial charge in [0.2, 0.25) is 5.82 Å². The molecular weight excluding hydrogens is 500 g/mol. The van der Waals surface area contributed by atoms with Crippen LogP contribution in [0.3, 0.4) is 0 Å². The maximum Gasteiger partial charge on any atom is 0.201 e. The molecule has 1 atom stereocenters. The zero-order valence-corrected chi connectivity index (χ0v) is 22.3. The van der Waals surface area contributed by atoms with E-state index in [0.717, 1.165) is 24.8 Å². The number of hydrogen-bond acceptors (Lipinski definition) is 1. The van der Waals surface area contributed by atoms with E-state index in [2.05, 4.69) is 18.7 Å². The van der Waals surface area contributed by atoms with E-state index in [9.17, 15) is 8.78 Å². The molecule has 0 aliphatic heterocycles. The predicted octanol–water partition coefficient (Wildman–Crippen LogP) is 10.2. The molecule has 3 aromatic rings. The number of allylic oxidation sites excluding steroid dienone is 3. The van der Waals surface area contributed by atoms with Gasteiger partial charge in [-0.3, -0.25) is 0 Å². The molecule has 1 nitrogen and oxygen atoms in total. The third-order valence-electron chi connectivity index (χ3n) is 8.55. The van der Waals surface area contributed by atoms with Crippen molar-refractivity contribution in [2.45, 2.75) is 51.9 Å². The van der Waals surface area contributed by atoms with Gasteiger partial charge in [-0.25, -0.2) is 13.2 Å². The van der Waals surface area contributed by atoms with Gasteiger partial charge in [-0.1, -0.05) is 48.6 Å². The Morgan fingerprint density at radius 3 is 1.85 bits per heavy atom. The van der Waals surface area contributed by atoms with Crippen LogP contribution in [0.15, 0.2) is 67.3 Å². The summed E-state index contributed by atoms with van der Waals surface area (Å²) in [6.45, 7) is 5.84. The van der Waals surface area contributed by atoms with Crippen molar-refractivity contribution in [3.63, 3.8) is 0 Å². The van der Waals surface area contributed by atoms with Gasteiger partial charge in [0.05, 0.1) is 6.61 Å². The molecule has 1 saturated carbocycles. The SMILES string of the molecule is C=CC1CCC(C2CC=C(c3ccc(-c4ccc(-c5ccc(OCC)c(F)c5F)cc4)c(F)c3F)CC2)CC1. The summed E-state index contributed by atoms with van der Waals surface area (Å²) >= 11 is 0. The summed E-state index contributed by atoms with van der Waals surface area (Å²) in [5.74, 6) is -1.99. The zero-order valence-electron chi connectivity index (χ0n) is 22.3. The molecule has 0 bridgehead atoms. The topological polar surface area (TPSA) is 9.23 Å². The van der Waals surface area contributed by atoms with Gasteiger partial charge in [0, 0.05) is 16.7 Å². The Balaban J connectivity index is 1.32. The fourth-order valence-corrected chi connectivity index (χ4v) is 6.25. The molecule has 1 fully saturated rings. The van der Waals surface area contributed by atoms with Gasteiger partial charge in [-0.05, 0) is 98.5 Å². The molecule has 5 heteroatoms. The second-order valence-corrected chi connectivity index (χ2v) is 10.7. The first-order chi connectivity index (χ1) is 18.9. The maximum atomic E-state index is 15.3. The van der Waals surface area contributed by atoms with Crippen molar-refractivity contribution in [2.24, 2.45) is 17.8 Å². The molecule has 0 heterocycles. The van der Waals surface area contributed by atoms with Crippen molar-refractivity contribution in [3.05, 3.63) is 96.1 Å². The van der Waals surface area contributed by atoms with Crippen molar-refractivity contribution in [1.82, 2.24) is 0 Å². The molecule has 5 rings (SSSR count). The smallest absolute Gasteiger partial charge is 0.201 e. The second kappa shape index (κ2) is 11.8. The number of halogens is 4. The van der Waals surface area contributed by atoms with Gasteiger partial charge >= 0.3 is 0 Å². The molecule has 2 aliphatic rings. The summed E-state index contributed by atoms with van der Waals surface area (Å²) in [7, 11) is 0. The highest BCUT2D eigenvalue weighted by Gasteiger charge is 2.29. The minimum absolute atomic E-state index is 0.0702. The molecule has 0 saturated heterocycles. The van der Waals surface area contributed by atoms with Crippen molar-refractivity contribution >= 4 is 5.57 Å². The molecule has 0 amide bonds. The fourth-order valence-electron chi connectivity index (χ4n) is 6.25. The average molecular weight is 535 g/mol. The Kier molecular flexibility index (Phi) is 8.25. The quantitative estimate of drug-likeness (QED) is 0.216. The van der Waals surface area contributed by atoms with Gasteiger partial charge in [0.1, 0.15) is 0 Å². The minimum Gasteiger partial charge on any atom is -0.491 e. The van der Waals surface area contributed by atoms with E-state index in [1.54, 1.807) is 43.3 Å². The van der Waals surface area contributed by atoms with E-state index >= 15 is 8.78 Å². The first kappa shape index (κ1) is 27.2. The standard InChI is InChI=1S/C34H34F4O/c1-3-21-5-7-22(8-6-21)23-9-11-24(12-10-23)27-17-18-28(32(36)31(27)35)25-13-15-26(16-14-25)29-19-20-30(39-4-2)34(38)33(29)37/h3,11,13-23H,1,4-10,12H2,2H3. The van der Waals surface area contributed by atoms with Crippen LogP contribution in [-0.2, 0) is 0 Å². The minimum atomic E-state index is -1.05. The van der Waals surface area contributed by atoms with Crippen LogP contribution in [0.5, 0.6) is 5.75 Å². The first-order valence-corrected chi connectivity index (χ1v) is 13.9. The van der Waals surface area contributed by atoms with Crippen LogP contribution >= 0.6 is 0 Å². The van der Waals surface area contributed by atoms with E-state index in [0.29, 0.717) is 34.4 Å². The molecule has 0 radical (unpaired) electrons. The number of ether oxygens (including phenoxy) is 1. The van der Waals surface area contributed by atoms with Crippen LogP contribution in [-0.4, -0.2) is 6.61 Å². The summed E-state index contributed by atoms with van der Waals surface area (Å²) in [4.78, 5) is 0. The molecule has 1 unspecified atom stereocenters. The molecule has 39 heavy (non-hydrogen) atoms. The molecule has 0 aromatic heterocycles. The Morgan fingerprint density at radius 2 is 1.28 bits per heavy atom. The average Bonchev–Trinajstić information content (AvgIpc) is 2.97. The first-order valence-electron chi connectivity index (χ1n) is 13.9. The lowest BCUT2D eigenvalue weighted by atomic mass is 9.71. The third kappa shape index (κ3) is 5.54. The molecule has 0 spiro atoms. The molecule has 0 N–H and O–H groups in total. The van der Waals surface area contributed by atoms with Gasteiger partial charge in [0.15, 0.2) is 23.2 Å². The van der Waals surface area contributed by atoms with Crippen molar-refractivity contribution in [1.29, 1.82) is 0 Å². The Labute approximate surface area is 228 Å². The van der Waals surface area contributed by atoms with Crippen LogP contribution < -0.4 is 4.74 Å². The lowest BCUT2D eigenvalue weighted by Crippen LogP contribution is -2.22. The van der Waals surface area contributed by atoms with E-state index < -0.39 is 23.3 Å². The molecule has 2 aliphatic carbocycles. The van der Waals surface area contributed by atoms with E-state index in [1.807, 2.05) is 0 Å². The summed E-state index contributed by atoms with van der Waals surface area (Å²) in [5.41, 5.74) is 2.29. The van der Waals surface area contributed by atoms with Crippen LogP contribution in [0.2, 0.25) is 0 Å². The Hall–Kier alpha value is -3.34. The summed E-state index contributed by atoms with van der Waals surface area (Å²) in [6, 6.07) is 12.4. The highest BCUT2D eigenvalue weighted by molar-refractivity contribution is 5.74. The Morgan fingerprint density at radius 1 is 0.718 bits per heavy atom.